The molecule has 0 aromatic heterocycles. The third kappa shape index (κ3) is 4.80. The van der Waals surface area contributed by atoms with Crippen molar-refractivity contribution >= 4 is 17.5 Å². The third-order valence-corrected chi connectivity index (χ3v) is 5.17. The van der Waals surface area contributed by atoms with Crippen LogP contribution in [-0.2, 0) is 0 Å². The summed E-state index contributed by atoms with van der Waals surface area (Å²) in [5.74, 6) is 5.91. The van der Waals surface area contributed by atoms with Crippen molar-refractivity contribution in [1.82, 2.24) is 4.90 Å². The van der Waals surface area contributed by atoms with Gasteiger partial charge < -0.3 is 20.6 Å². The molecule has 2 aromatic carbocycles. The second-order valence-corrected chi connectivity index (χ2v) is 8.34. The van der Waals surface area contributed by atoms with Crippen LogP contribution in [0.5, 0.6) is 0 Å². The molecule has 5 nitrogen and oxygen atoms in total. The molecule has 3 rings (SSSR count). The maximum Gasteiger partial charge on any atom is 0.407 e. The number of nitrogen functional groups attached to an aromatic ring is 1. The van der Waals surface area contributed by atoms with Gasteiger partial charge in [0.05, 0.1) is 17.3 Å². The predicted octanol–water partition coefficient (Wildman–Crippen LogP) is 4.02. The van der Waals surface area contributed by atoms with E-state index < -0.39 is 6.09 Å². The van der Waals surface area contributed by atoms with Crippen molar-refractivity contribution in [3.05, 3.63) is 59.4 Å². The second kappa shape index (κ2) is 8.04. The first-order valence-electron chi connectivity index (χ1n) is 9.57. The van der Waals surface area contributed by atoms with E-state index in [1.807, 2.05) is 18.2 Å². The van der Waals surface area contributed by atoms with Gasteiger partial charge in [-0.25, -0.2) is 9.18 Å². The lowest BCUT2D eigenvalue weighted by Gasteiger charge is -2.46. The normalized spacial score (nSPS) is 16.9. The Morgan fingerprint density at radius 2 is 1.83 bits per heavy atom. The van der Waals surface area contributed by atoms with E-state index in [0.29, 0.717) is 30.9 Å². The molecular formula is C23H26FN3O2. The average Bonchev–Trinajstić information content (AvgIpc) is 2.66. The molecule has 3 N–H and O–H groups in total. The highest BCUT2D eigenvalue weighted by Crippen LogP contribution is 2.32. The Hall–Kier alpha value is -3.20. The lowest BCUT2D eigenvalue weighted by Crippen LogP contribution is -2.59. The number of hydrogen-bond donors (Lipinski definition) is 2. The predicted molar refractivity (Wildman–Crippen MR) is 113 cm³/mol. The molecule has 1 saturated heterocycles. The molecule has 0 bridgehead atoms. The smallest absolute Gasteiger partial charge is 0.407 e. The van der Waals surface area contributed by atoms with Gasteiger partial charge >= 0.3 is 6.09 Å². The average molecular weight is 395 g/mol. The number of benzene rings is 2. The zero-order valence-corrected chi connectivity index (χ0v) is 16.9. The van der Waals surface area contributed by atoms with Crippen molar-refractivity contribution in [2.45, 2.75) is 26.8 Å². The minimum Gasteiger partial charge on any atom is -0.465 e. The number of rotatable bonds is 1. The molecule has 0 spiro atoms. The molecule has 1 heterocycles. The first-order valence-corrected chi connectivity index (χ1v) is 9.57. The fourth-order valence-corrected chi connectivity index (χ4v) is 3.57. The number of hydrogen-bond acceptors (Lipinski definition) is 3. The van der Waals surface area contributed by atoms with E-state index in [4.69, 9.17) is 5.73 Å². The van der Waals surface area contributed by atoms with Gasteiger partial charge in [-0.1, -0.05) is 32.6 Å². The van der Waals surface area contributed by atoms with E-state index in [0.717, 1.165) is 11.3 Å². The zero-order chi connectivity index (χ0) is 21.2. The van der Waals surface area contributed by atoms with Gasteiger partial charge in [0.15, 0.2) is 0 Å². The van der Waals surface area contributed by atoms with Gasteiger partial charge in [-0.15, -0.1) is 0 Å². The highest BCUT2D eigenvalue weighted by molar-refractivity contribution is 5.69. The first kappa shape index (κ1) is 20.5. The summed E-state index contributed by atoms with van der Waals surface area (Å²) in [7, 11) is 0. The van der Waals surface area contributed by atoms with E-state index in [1.165, 1.54) is 17.0 Å². The molecule has 0 aliphatic carbocycles. The molecule has 0 saturated carbocycles. The van der Waals surface area contributed by atoms with E-state index in [9.17, 15) is 14.3 Å². The largest absolute Gasteiger partial charge is 0.465 e. The Kier molecular flexibility index (Phi) is 5.69. The van der Waals surface area contributed by atoms with Crippen LogP contribution in [0.1, 0.15) is 31.9 Å². The first-order chi connectivity index (χ1) is 13.6. The van der Waals surface area contributed by atoms with Crippen molar-refractivity contribution in [3.63, 3.8) is 0 Å². The maximum atomic E-state index is 13.1. The van der Waals surface area contributed by atoms with Gasteiger partial charge in [-0.05, 0) is 47.9 Å². The molecule has 2 aromatic rings. The molecule has 1 aliphatic rings. The van der Waals surface area contributed by atoms with Crippen LogP contribution in [0.25, 0.3) is 0 Å². The number of piperazine rings is 1. The summed E-state index contributed by atoms with van der Waals surface area (Å²) in [6.07, 6.45) is -0.891. The minimum absolute atomic E-state index is 0.149. The van der Waals surface area contributed by atoms with Crippen LogP contribution in [0, 0.1) is 23.1 Å². The summed E-state index contributed by atoms with van der Waals surface area (Å²) in [4.78, 5) is 15.4. The molecule has 1 aliphatic heterocycles. The summed E-state index contributed by atoms with van der Waals surface area (Å²) in [6.45, 7) is 7.73. The van der Waals surface area contributed by atoms with Gasteiger partial charge in [0.25, 0.3) is 0 Å². The van der Waals surface area contributed by atoms with Crippen molar-refractivity contribution in [3.8, 4) is 11.8 Å². The highest BCUT2D eigenvalue weighted by Gasteiger charge is 2.38. The minimum atomic E-state index is -0.891. The van der Waals surface area contributed by atoms with Crippen LogP contribution < -0.4 is 10.6 Å². The van der Waals surface area contributed by atoms with Crippen LogP contribution in [0.3, 0.4) is 0 Å². The Morgan fingerprint density at radius 1 is 1.14 bits per heavy atom. The quantitative estimate of drug-likeness (QED) is 0.565. The van der Waals surface area contributed by atoms with E-state index in [2.05, 4.69) is 37.5 Å². The van der Waals surface area contributed by atoms with Crippen molar-refractivity contribution in [2.75, 3.05) is 30.3 Å². The summed E-state index contributed by atoms with van der Waals surface area (Å²) in [5.41, 5.74) is 8.79. The summed E-state index contributed by atoms with van der Waals surface area (Å²) < 4.78 is 13.1. The number of amides is 1. The van der Waals surface area contributed by atoms with E-state index in [1.54, 1.807) is 12.1 Å². The molecule has 152 valence electrons. The van der Waals surface area contributed by atoms with Crippen LogP contribution >= 0.6 is 0 Å². The van der Waals surface area contributed by atoms with Gasteiger partial charge in [-0.2, -0.15) is 0 Å². The Balaban J connectivity index is 1.93. The number of anilines is 2. The molecule has 1 amide bonds. The monoisotopic (exact) mass is 395 g/mol. The molecule has 0 radical (unpaired) electrons. The number of carbonyl (C=O) groups is 1. The van der Waals surface area contributed by atoms with Gasteiger partial charge in [0.1, 0.15) is 5.82 Å². The lowest BCUT2D eigenvalue weighted by atomic mass is 9.84. The van der Waals surface area contributed by atoms with Crippen LogP contribution in [-0.4, -0.2) is 41.8 Å². The molecule has 29 heavy (non-hydrogen) atoms. The number of nitrogens with two attached hydrogens (primary N) is 1. The zero-order valence-electron chi connectivity index (χ0n) is 16.9. The van der Waals surface area contributed by atoms with Crippen molar-refractivity contribution in [2.24, 2.45) is 5.41 Å². The van der Waals surface area contributed by atoms with Crippen LogP contribution in [0.4, 0.5) is 20.6 Å². The lowest BCUT2D eigenvalue weighted by molar-refractivity contribution is 0.0748. The van der Waals surface area contributed by atoms with Gasteiger partial charge in [0, 0.05) is 30.9 Å². The number of halogens is 1. The molecular weight excluding hydrogens is 369 g/mol. The van der Waals surface area contributed by atoms with Crippen LogP contribution in [0.2, 0.25) is 0 Å². The molecule has 1 fully saturated rings. The van der Waals surface area contributed by atoms with Gasteiger partial charge in [-0.3, -0.25) is 0 Å². The Bertz CT molecular complexity index is 955. The topological polar surface area (TPSA) is 69.8 Å². The molecule has 1 atom stereocenters. The summed E-state index contributed by atoms with van der Waals surface area (Å²) in [6, 6.07) is 11.5. The second-order valence-electron chi connectivity index (χ2n) is 8.34. The third-order valence-electron chi connectivity index (χ3n) is 5.17. The fraction of sp³-hybridized carbons (Fsp3) is 0.348. The van der Waals surface area contributed by atoms with E-state index in [-0.39, 0.29) is 17.3 Å². The molecule has 6 heteroatoms. The standard InChI is InChI=1S/C23H26FN3O2/c1-23(2,3)21-15-26(12-13-27(21)22(28)29)20-11-10-19(25)14-17(20)7-4-16-5-8-18(24)9-6-16/h5-6,8-11,14,21H,12-13,15,25H2,1-3H3,(H,28,29). The highest BCUT2D eigenvalue weighted by atomic mass is 19.1. The van der Waals surface area contributed by atoms with Crippen molar-refractivity contribution in [1.29, 1.82) is 0 Å². The number of carboxylic acid groups (broad SMARTS) is 1. The van der Waals surface area contributed by atoms with E-state index >= 15 is 0 Å². The SMILES string of the molecule is CC(C)(C)C1CN(c2ccc(N)cc2C#Cc2ccc(F)cc2)CCN1C(=O)O. The fourth-order valence-electron chi connectivity index (χ4n) is 3.57. The number of nitrogens with zero attached hydrogens (tertiary/aromatic N) is 2. The van der Waals surface area contributed by atoms with Gasteiger partial charge in [0.2, 0.25) is 0 Å². The summed E-state index contributed by atoms with van der Waals surface area (Å²) in [5, 5.41) is 9.59. The summed E-state index contributed by atoms with van der Waals surface area (Å²) >= 11 is 0. The molecule has 1 unspecified atom stereocenters. The maximum absolute atomic E-state index is 13.1. The Morgan fingerprint density at radius 3 is 2.45 bits per heavy atom. The Labute approximate surface area is 170 Å². The van der Waals surface area contributed by atoms with Crippen molar-refractivity contribution < 1.29 is 14.3 Å². The van der Waals surface area contributed by atoms with Crippen LogP contribution in [0.15, 0.2) is 42.5 Å².